The van der Waals surface area contributed by atoms with Crippen LogP contribution < -0.4 is 4.90 Å². The van der Waals surface area contributed by atoms with Gasteiger partial charge in [-0.25, -0.2) is 0 Å². The van der Waals surface area contributed by atoms with Crippen LogP contribution in [0.25, 0.3) is 0 Å². The molecule has 2 heterocycles. The summed E-state index contributed by atoms with van der Waals surface area (Å²) >= 11 is 6.29. The molecule has 1 saturated heterocycles. The Hall–Kier alpha value is -0.760. The smallest absolute Gasteiger partial charge is 0.0579 e. The minimum Gasteiger partial charge on any atom is -0.365 e. The SMILES string of the molecule is CC1(C)C(Cl)CCN1c1ccncc1. The van der Waals surface area contributed by atoms with E-state index in [1.54, 1.807) is 0 Å². The van der Waals surface area contributed by atoms with Crippen molar-refractivity contribution in [2.75, 3.05) is 11.4 Å². The molecule has 1 aliphatic rings. The van der Waals surface area contributed by atoms with Crippen LogP contribution in [0.15, 0.2) is 24.5 Å². The fourth-order valence-electron chi connectivity index (χ4n) is 2.04. The van der Waals surface area contributed by atoms with E-state index in [0.717, 1.165) is 13.0 Å². The molecule has 3 heteroatoms. The number of halogens is 1. The number of rotatable bonds is 1. The summed E-state index contributed by atoms with van der Waals surface area (Å²) in [7, 11) is 0. The van der Waals surface area contributed by atoms with E-state index in [4.69, 9.17) is 11.6 Å². The zero-order chi connectivity index (χ0) is 10.2. The summed E-state index contributed by atoms with van der Waals surface area (Å²) < 4.78 is 0. The largest absolute Gasteiger partial charge is 0.365 e. The van der Waals surface area contributed by atoms with E-state index in [1.807, 2.05) is 24.5 Å². The molecule has 1 aliphatic heterocycles. The minimum atomic E-state index is 0.0446. The average molecular weight is 211 g/mol. The average Bonchev–Trinajstić information content (AvgIpc) is 2.44. The van der Waals surface area contributed by atoms with Crippen molar-refractivity contribution in [3.63, 3.8) is 0 Å². The summed E-state index contributed by atoms with van der Waals surface area (Å²) in [5, 5.41) is 0.232. The third kappa shape index (κ3) is 1.48. The molecular formula is C11H15ClN2. The Balaban J connectivity index is 2.29. The van der Waals surface area contributed by atoms with E-state index in [1.165, 1.54) is 5.69 Å². The predicted octanol–water partition coefficient (Wildman–Crippen LogP) is 2.68. The summed E-state index contributed by atoms with van der Waals surface area (Å²) in [5.41, 5.74) is 1.26. The van der Waals surface area contributed by atoms with Crippen molar-refractivity contribution in [2.24, 2.45) is 0 Å². The second kappa shape index (κ2) is 3.43. The number of pyridine rings is 1. The van der Waals surface area contributed by atoms with Gasteiger partial charge in [0.2, 0.25) is 0 Å². The Morgan fingerprint density at radius 1 is 1.43 bits per heavy atom. The van der Waals surface area contributed by atoms with Crippen LogP contribution in [0, 0.1) is 0 Å². The Labute approximate surface area is 89.9 Å². The van der Waals surface area contributed by atoms with Gasteiger partial charge in [-0.2, -0.15) is 0 Å². The van der Waals surface area contributed by atoms with E-state index < -0.39 is 0 Å². The fourth-order valence-corrected chi connectivity index (χ4v) is 2.25. The van der Waals surface area contributed by atoms with Crippen LogP contribution in [0.1, 0.15) is 20.3 Å². The summed E-state index contributed by atoms with van der Waals surface area (Å²) in [4.78, 5) is 6.38. The molecule has 0 bridgehead atoms. The van der Waals surface area contributed by atoms with E-state index in [9.17, 15) is 0 Å². The van der Waals surface area contributed by atoms with E-state index in [2.05, 4.69) is 23.7 Å². The van der Waals surface area contributed by atoms with Crippen LogP contribution in [0.4, 0.5) is 5.69 Å². The van der Waals surface area contributed by atoms with Crippen LogP contribution in [0.5, 0.6) is 0 Å². The van der Waals surface area contributed by atoms with Gasteiger partial charge in [0.15, 0.2) is 0 Å². The van der Waals surface area contributed by atoms with Gasteiger partial charge in [-0.05, 0) is 32.4 Å². The normalized spacial score (nSPS) is 25.4. The molecule has 1 fully saturated rings. The fraction of sp³-hybridized carbons (Fsp3) is 0.545. The highest BCUT2D eigenvalue weighted by Crippen LogP contribution is 2.36. The molecule has 0 amide bonds. The molecule has 1 atom stereocenters. The first kappa shape index (κ1) is 9.78. The highest BCUT2D eigenvalue weighted by molar-refractivity contribution is 6.22. The van der Waals surface area contributed by atoms with Crippen molar-refractivity contribution in [1.82, 2.24) is 4.98 Å². The molecule has 0 radical (unpaired) electrons. The molecule has 14 heavy (non-hydrogen) atoms. The van der Waals surface area contributed by atoms with E-state index in [-0.39, 0.29) is 10.9 Å². The molecule has 1 aromatic heterocycles. The maximum atomic E-state index is 6.29. The molecule has 2 nitrogen and oxygen atoms in total. The lowest BCUT2D eigenvalue weighted by Crippen LogP contribution is -2.43. The van der Waals surface area contributed by atoms with Crippen molar-refractivity contribution in [3.05, 3.63) is 24.5 Å². The highest BCUT2D eigenvalue weighted by Gasteiger charge is 2.39. The Morgan fingerprint density at radius 2 is 2.07 bits per heavy atom. The zero-order valence-corrected chi connectivity index (χ0v) is 9.33. The van der Waals surface area contributed by atoms with Crippen molar-refractivity contribution in [2.45, 2.75) is 31.2 Å². The molecule has 1 unspecified atom stereocenters. The van der Waals surface area contributed by atoms with E-state index >= 15 is 0 Å². The topological polar surface area (TPSA) is 16.1 Å². The quantitative estimate of drug-likeness (QED) is 0.663. The minimum absolute atomic E-state index is 0.0446. The van der Waals surface area contributed by atoms with Crippen molar-refractivity contribution in [3.8, 4) is 0 Å². The molecule has 0 spiro atoms. The molecule has 1 aromatic rings. The number of hydrogen-bond donors (Lipinski definition) is 0. The van der Waals surface area contributed by atoms with Crippen molar-refractivity contribution in [1.29, 1.82) is 0 Å². The third-order valence-electron chi connectivity index (χ3n) is 3.04. The molecule has 0 N–H and O–H groups in total. The lowest BCUT2D eigenvalue weighted by molar-refractivity contribution is 0.524. The summed E-state index contributed by atoms with van der Waals surface area (Å²) in [6.07, 6.45) is 4.71. The molecule has 0 saturated carbocycles. The predicted molar refractivity (Wildman–Crippen MR) is 59.9 cm³/mol. The Bertz CT molecular complexity index is 310. The van der Waals surface area contributed by atoms with Crippen molar-refractivity contribution >= 4 is 17.3 Å². The van der Waals surface area contributed by atoms with Gasteiger partial charge in [-0.3, -0.25) is 4.98 Å². The molecular weight excluding hydrogens is 196 g/mol. The van der Waals surface area contributed by atoms with Crippen LogP contribution in [-0.2, 0) is 0 Å². The monoisotopic (exact) mass is 210 g/mol. The van der Waals surface area contributed by atoms with Gasteiger partial charge in [0, 0.05) is 24.6 Å². The summed E-state index contributed by atoms with van der Waals surface area (Å²) in [5.74, 6) is 0. The van der Waals surface area contributed by atoms with Crippen LogP contribution in [0.2, 0.25) is 0 Å². The summed E-state index contributed by atoms with van der Waals surface area (Å²) in [6.45, 7) is 5.42. The first-order valence-electron chi connectivity index (χ1n) is 4.94. The van der Waals surface area contributed by atoms with Gasteiger partial charge in [-0.15, -0.1) is 11.6 Å². The lowest BCUT2D eigenvalue weighted by atomic mass is 10.0. The number of nitrogens with zero attached hydrogens (tertiary/aromatic N) is 2. The molecule has 0 aliphatic carbocycles. The molecule has 0 aromatic carbocycles. The standard InChI is InChI=1S/C11H15ClN2/c1-11(2)10(12)5-8-14(11)9-3-6-13-7-4-9/h3-4,6-7,10H,5,8H2,1-2H3. The van der Waals surface area contributed by atoms with Gasteiger partial charge in [0.25, 0.3) is 0 Å². The first-order valence-corrected chi connectivity index (χ1v) is 5.38. The maximum Gasteiger partial charge on any atom is 0.0579 e. The molecule has 2 rings (SSSR count). The number of anilines is 1. The summed E-state index contributed by atoms with van der Waals surface area (Å²) in [6, 6.07) is 4.08. The van der Waals surface area contributed by atoms with Gasteiger partial charge in [0.05, 0.1) is 10.9 Å². The highest BCUT2D eigenvalue weighted by atomic mass is 35.5. The second-order valence-corrected chi connectivity index (χ2v) is 4.79. The number of hydrogen-bond acceptors (Lipinski definition) is 2. The molecule has 76 valence electrons. The van der Waals surface area contributed by atoms with Gasteiger partial charge in [0.1, 0.15) is 0 Å². The second-order valence-electron chi connectivity index (χ2n) is 4.27. The van der Waals surface area contributed by atoms with Crippen LogP contribution in [0.3, 0.4) is 0 Å². The van der Waals surface area contributed by atoms with Crippen molar-refractivity contribution < 1.29 is 0 Å². The van der Waals surface area contributed by atoms with Crippen LogP contribution in [-0.4, -0.2) is 22.4 Å². The van der Waals surface area contributed by atoms with Gasteiger partial charge < -0.3 is 4.90 Å². The third-order valence-corrected chi connectivity index (χ3v) is 3.80. The Kier molecular flexibility index (Phi) is 2.40. The maximum absolute atomic E-state index is 6.29. The van der Waals surface area contributed by atoms with Crippen LogP contribution >= 0.6 is 11.6 Å². The zero-order valence-electron chi connectivity index (χ0n) is 8.57. The Morgan fingerprint density at radius 3 is 2.57 bits per heavy atom. The number of alkyl halides is 1. The lowest BCUT2D eigenvalue weighted by Gasteiger charge is -2.35. The first-order chi connectivity index (χ1) is 6.62. The van der Waals surface area contributed by atoms with Gasteiger partial charge in [-0.1, -0.05) is 0 Å². The van der Waals surface area contributed by atoms with Gasteiger partial charge >= 0.3 is 0 Å². The number of aromatic nitrogens is 1. The van der Waals surface area contributed by atoms with E-state index in [0.29, 0.717) is 0 Å².